The standard InChI is InChI=1S/C13H12S.K/c14-13-8-6-12(7-9-13)10-11-4-2-1-3-5-11;/h1-9,14H,10H2;. The number of hydrogen-bond acceptors (Lipinski definition) is 1. The molecule has 0 bridgehead atoms. The van der Waals surface area contributed by atoms with Gasteiger partial charge in [0, 0.05) is 56.3 Å². The minimum atomic E-state index is 0. The van der Waals surface area contributed by atoms with E-state index in [1.165, 1.54) is 11.1 Å². The fraction of sp³-hybridized carbons (Fsp3) is 0.0769. The summed E-state index contributed by atoms with van der Waals surface area (Å²) in [5, 5.41) is 0. The maximum atomic E-state index is 4.26. The van der Waals surface area contributed by atoms with Crippen molar-refractivity contribution in [2.45, 2.75) is 11.3 Å². The Balaban J connectivity index is 0.00000112. The zero-order valence-electron chi connectivity index (χ0n) is 8.85. The number of rotatable bonds is 2. The number of thiol groups is 1. The van der Waals surface area contributed by atoms with E-state index in [2.05, 4.69) is 49.0 Å². The SMILES string of the molecule is Sc1ccc(Cc2ccccc2)cc1.[K]. The zero-order valence-corrected chi connectivity index (χ0v) is 12.9. The molecular formula is C13H12KS. The zero-order chi connectivity index (χ0) is 9.80. The first-order valence-corrected chi connectivity index (χ1v) is 5.11. The predicted octanol–water partition coefficient (Wildman–Crippen LogP) is 3.19. The van der Waals surface area contributed by atoms with Crippen LogP contribution >= 0.6 is 12.6 Å². The van der Waals surface area contributed by atoms with E-state index in [0.717, 1.165) is 11.3 Å². The van der Waals surface area contributed by atoms with Crippen LogP contribution in [0.15, 0.2) is 59.5 Å². The van der Waals surface area contributed by atoms with Crippen molar-refractivity contribution in [3.63, 3.8) is 0 Å². The fourth-order valence-electron chi connectivity index (χ4n) is 1.45. The topological polar surface area (TPSA) is 0 Å². The molecule has 0 fully saturated rings. The summed E-state index contributed by atoms with van der Waals surface area (Å²) in [6.07, 6.45) is 0.995. The Morgan fingerprint density at radius 1 is 0.733 bits per heavy atom. The van der Waals surface area contributed by atoms with Crippen molar-refractivity contribution >= 4 is 64.0 Å². The van der Waals surface area contributed by atoms with Crippen molar-refractivity contribution in [2.75, 3.05) is 0 Å². The maximum absolute atomic E-state index is 4.26. The molecule has 0 heterocycles. The van der Waals surface area contributed by atoms with Crippen LogP contribution in [0.3, 0.4) is 0 Å². The Morgan fingerprint density at radius 2 is 1.27 bits per heavy atom. The van der Waals surface area contributed by atoms with Crippen LogP contribution in [0.25, 0.3) is 0 Å². The fourth-order valence-corrected chi connectivity index (χ4v) is 1.59. The molecule has 2 aromatic carbocycles. The van der Waals surface area contributed by atoms with Gasteiger partial charge < -0.3 is 0 Å². The van der Waals surface area contributed by atoms with Gasteiger partial charge in [-0.25, -0.2) is 0 Å². The molecule has 0 saturated heterocycles. The first-order chi connectivity index (χ1) is 6.84. The van der Waals surface area contributed by atoms with Gasteiger partial charge in [0.1, 0.15) is 0 Å². The Bertz CT molecular complexity index is 395. The van der Waals surface area contributed by atoms with Crippen molar-refractivity contribution in [1.29, 1.82) is 0 Å². The molecule has 0 saturated carbocycles. The molecule has 2 aromatic rings. The molecule has 0 aliphatic rings. The van der Waals surface area contributed by atoms with Gasteiger partial charge in [-0.2, -0.15) is 0 Å². The van der Waals surface area contributed by atoms with Crippen molar-refractivity contribution in [3.8, 4) is 0 Å². The smallest absolute Gasteiger partial charge is 0.00401 e. The normalized spacial score (nSPS) is 9.40. The molecule has 0 N–H and O–H groups in total. The van der Waals surface area contributed by atoms with E-state index >= 15 is 0 Å². The van der Waals surface area contributed by atoms with Gasteiger partial charge in [-0.1, -0.05) is 42.5 Å². The van der Waals surface area contributed by atoms with Crippen molar-refractivity contribution in [2.24, 2.45) is 0 Å². The number of benzene rings is 2. The van der Waals surface area contributed by atoms with Gasteiger partial charge in [0.15, 0.2) is 0 Å². The predicted molar refractivity (Wildman–Crippen MR) is 68.7 cm³/mol. The molecule has 0 unspecified atom stereocenters. The molecule has 0 aliphatic heterocycles. The molecule has 0 aliphatic carbocycles. The van der Waals surface area contributed by atoms with E-state index in [1.54, 1.807) is 0 Å². The molecule has 71 valence electrons. The first kappa shape index (κ1) is 13.5. The molecule has 0 nitrogen and oxygen atoms in total. The summed E-state index contributed by atoms with van der Waals surface area (Å²) >= 11 is 4.26. The Kier molecular flexibility index (Phi) is 6.20. The van der Waals surface area contributed by atoms with E-state index in [9.17, 15) is 0 Å². The van der Waals surface area contributed by atoms with E-state index in [-0.39, 0.29) is 51.4 Å². The average Bonchev–Trinajstić information content (AvgIpc) is 2.23. The third-order valence-electron chi connectivity index (χ3n) is 2.19. The number of hydrogen-bond donors (Lipinski definition) is 1. The molecule has 2 heteroatoms. The molecule has 0 spiro atoms. The molecular weight excluding hydrogens is 227 g/mol. The Hall–Kier alpha value is 0.426. The van der Waals surface area contributed by atoms with Crippen LogP contribution < -0.4 is 0 Å². The minimum absolute atomic E-state index is 0. The van der Waals surface area contributed by atoms with Gasteiger partial charge in [-0.05, 0) is 29.7 Å². The van der Waals surface area contributed by atoms with E-state index in [4.69, 9.17) is 0 Å². The van der Waals surface area contributed by atoms with E-state index in [1.807, 2.05) is 18.2 Å². The second-order valence-electron chi connectivity index (χ2n) is 3.33. The summed E-state index contributed by atoms with van der Waals surface area (Å²) in [5.74, 6) is 0. The van der Waals surface area contributed by atoms with Crippen LogP contribution in [0.1, 0.15) is 11.1 Å². The van der Waals surface area contributed by atoms with Crippen molar-refractivity contribution < 1.29 is 0 Å². The van der Waals surface area contributed by atoms with Crippen molar-refractivity contribution in [1.82, 2.24) is 0 Å². The van der Waals surface area contributed by atoms with Crippen LogP contribution in [-0.4, -0.2) is 51.4 Å². The minimum Gasteiger partial charge on any atom is -0.143 e. The Morgan fingerprint density at radius 3 is 1.87 bits per heavy atom. The van der Waals surface area contributed by atoms with Gasteiger partial charge in [0.2, 0.25) is 0 Å². The molecule has 2 rings (SSSR count). The second-order valence-corrected chi connectivity index (χ2v) is 3.85. The second kappa shape index (κ2) is 6.89. The molecule has 0 atom stereocenters. The monoisotopic (exact) mass is 239 g/mol. The van der Waals surface area contributed by atoms with E-state index < -0.39 is 0 Å². The largest absolute Gasteiger partial charge is 0.143 e. The van der Waals surface area contributed by atoms with Crippen LogP contribution in [-0.2, 0) is 6.42 Å². The molecule has 0 amide bonds. The molecule has 15 heavy (non-hydrogen) atoms. The molecule has 1 radical (unpaired) electrons. The molecule has 0 aromatic heterocycles. The van der Waals surface area contributed by atoms with Gasteiger partial charge in [0.25, 0.3) is 0 Å². The Labute approximate surface area is 139 Å². The van der Waals surface area contributed by atoms with Crippen LogP contribution in [0.2, 0.25) is 0 Å². The summed E-state index contributed by atoms with van der Waals surface area (Å²) in [7, 11) is 0. The summed E-state index contributed by atoms with van der Waals surface area (Å²) in [6.45, 7) is 0. The third-order valence-corrected chi connectivity index (χ3v) is 2.49. The summed E-state index contributed by atoms with van der Waals surface area (Å²) in [5.41, 5.74) is 2.67. The van der Waals surface area contributed by atoms with Crippen LogP contribution in [0.4, 0.5) is 0 Å². The summed E-state index contributed by atoms with van der Waals surface area (Å²) in [4.78, 5) is 1.02. The van der Waals surface area contributed by atoms with Gasteiger partial charge in [-0.15, -0.1) is 12.6 Å². The average molecular weight is 239 g/mol. The maximum Gasteiger partial charge on any atom is 0.00401 e. The summed E-state index contributed by atoms with van der Waals surface area (Å²) in [6, 6.07) is 18.8. The first-order valence-electron chi connectivity index (χ1n) is 4.66. The quantitative estimate of drug-likeness (QED) is 0.604. The van der Waals surface area contributed by atoms with Crippen LogP contribution in [0, 0.1) is 0 Å². The van der Waals surface area contributed by atoms with Gasteiger partial charge in [-0.3, -0.25) is 0 Å². The summed E-state index contributed by atoms with van der Waals surface area (Å²) < 4.78 is 0. The van der Waals surface area contributed by atoms with Crippen molar-refractivity contribution in [3.05, 3.63) is 65.7 Å². The van der Waals surface area contributed by atoms with Crippen LogP contribution in [0.5, 0.6) is 0 Å². The third kappa shape index (κ3) is 4.43. The van der Waals surface area contributed by atoms with Gasteiger partial charge in [0.05, 0.1) is 0 Å². The van der Waals surface area contributed by atoms with Gasteiger partial charge >= 0.3 is 0 Å². The van der Waals surface area contributed by atoms with E-state index in [0.29, 0.717) is 0 Å².